The van der Waals surface area contributed by atoms with Crippen molar-refractivity contribution in [2.24, 2.45) is 0 Å². The van der Waals surface area contributed by atoms with Gasteiger partial charge in [0.1, 0.15) is 5.69 Å². The second kappa shape index (κ2) is 10.2. The van der Waals surface area contributed by atoms with E-state index in [0.717, 1.165) is 6.07 Å². The molecule has 10 nitrogen and oxygen atoms in total. The summed E-state index contributed by atoms with van der Waals surface area (Å²) in [4.78, 5) is 51.2. The van der Waals surface area contributed by atoms with Crippen molar-refractivity contribution in [3.05, 3.63) is 33.9 Å². The standard InChI is InChI=1S/C18H26N4O6/c1-6-21(7-2)16(23)11-20(5)17(24)12-28-18(25)13-8-9-14(19(3)4)15(10-13)22(26)27/h8-10H,6-7,11-12H2,1-5H3. The van der Waals surface area contributed by atoms with E-state index in [0.29, 0.717) is 18.8 Å². The van der Waals surface area contributed by atoms with Crippen molar-refractivity contribution >= 4 is 29.2 Å². The molecule has 0 aliphatic rings. The number of likely N-dealkylation sites (N-methyl/N-ethyl adjacent to an activating group) is 2. The highest BCUT2D eigenvalue weighted by atomic mass is 16.6. The Bertz CT molecular complexity index is 746. The van der Waals surface area contributed by atoms with Crippen LogP contribution < -0.4 is 4.90 Å². The first-order chi connectivity index (χ1) is 13.1. The Labute approximate surface area is 163 Å². The van der Waals surface area contributed by atoms with Crippen LogP contribution in [-0.2, 0) is 14.3 Å². The van der Waals surface area contributed by atoms with Crippen molar-refractivity contribution in [2.45, 2.75) is 13.8 Å². The van der Waals surface area contributed by atoms with Crippen molar-refractivity contribution in [3.63, 3.8) is 0 Å². The summed E-state index contributed by atoms with van der Waals surface area (Å²) < 4.78 is 4.95. The fraction of sp³-hybridized carbons (Fsp3) is 0.500. The SMILES string of the molecule is CCN(CC)C(=O)CN(C)C(=O)COC(=O)c1ccc(N(C)C)c([N+](=O)[O-])c1. The highest BCUT2D eigenvalue weighted by Crippen LogP contribution is 2.27. The molecule has 1 aromatic carbocycles. The summed E-state index contributed by atoms with van der Waals surface area (Å²) in [7, 11) is 4.73. The number of hydrogen-bond acceptors (Lipinski definition) is 7. The second-order valence-electron chi connectivity index (χ2n) is 6.25. The molecule has 0 spiro atoms. The van der Waals surface area contributed by atoms with Gasteiger partial charge >= 0.3 is 5.97 Å². The molecule has 0 atom stereocenters. The largest absolute Gasteiger partial charge is 0.452 e. The van der Waals surface area contributed by atoms with E-state index in [9.17, 15) is 24.5 Å². The van der Waals surface area contributed by atoms with E-state index in [2.05, 4.69) is 0 Å². The number of rotatable bonds is 9. The molecule has 28 heavy (non-hydrogen) atoms. The molecule has 2 amide bonds. The van der Waals surface area contributed by atoms with Gasteiger partial charge in [0.25, 0.3) is 11.6 Å². The van der Waals surface area contributed by atoms with Gasteiger partial charge < -0.3 is 19.4 Å². The van der Waals surface area contributed by atoms with Crippen LogP contribution in [0.3, 0.4) is 0 Å². The smallest absolute Gasteiger partial charge is 0.338 e. The fourth-order valence-electron chi connectivity index (χ4n) is 2.46. The summed E-state index contributed by atoms with van der Waals surface area (Å²) in [6.07, 6.45) is 0. The topological polar surface area (TPSA) is 113 Å². The van der Waals surface area contributed by atoms with E-state index in [1.165, 1.54) is 24.1 Å². The van der Waals surface area contributed by atoms with E-state index < -0.39 is 23.4 Å². The molecule has 1 aromatic rings. The van der Waals surface area contributed by atoms with Gasteiger partial charge in [-0.05, 0) is 26.0 Å². The molecule has 0 saturated carbocycles. The van der Waals surface area contributed by atoms with Gasteiger partial charge in [-0.15, -0.1) is 0 Å². The van der Waals surface area contributed by atoms with Crippen molar-refractivity contribution < 1.29 is 24.0 Å². The van der Waals surface area contributed by atoms with Crippen LogP contribution in [0.15, 0.2) is 18.2 Å². The van der Waals surface area contributed by atoms with Gasteiger partial charge in [0, 0.05) is 40.3 Å². The third-order valence-corrected chi connectivity index (χ3v) is 4.13. The highest BCUT2D eigenvalue weighted by Gasteiger charge is 2.21. The minimum Gasteiger partial charge on any atom is -0.452 e. The number of anilines is 1. The number of amides is 2. The third-order valence-electron chi connectivity index (χ3n) is 4.13. The Balaban J connectivity index is 2.73. The maximum absolute atomic E-state index is 12.1. The number of nitro groups is 1. The van der Waals surface area contributed by atoms with Crippen molar-refractivity contribution in [1.29, 1.82) is 0 Å². The van der Waals surface area contributed by atoms with Gasteiger partial charge in [0.05, 0.1) is 17.0 Å². The number of ether oxygens (including phenoxy) is 1. The first kappa shape index (κ1) is 22.9. The maximum Gasteiger partial charge on any atom is 0.338 e. The number of carbonyl (C=O) groups excluding carboxylic acids is 3. The number of carbonyl (C=O) groups is 3. The van der Waals surface area contributed by atoms with Crippen LogP contribution in [0.2, 0.25) is 0 Å². The molecule has 0 aliphatic carbocycles. The lowest BCUT2D eigenvalue weighted by Crippen LogP contribution is -2.42. The molecule has 154 valence electrons. The fourth-order valence-corrected chi connectivity index (χ4v) is 2.46. The first-order valence-electron chi connectivity index (χ1n) is 8.76. The second-order valence-corrected chi connectivity index (χ2v) is 6.25. The van der Waals surface area contributed by atoms with Crippen molar-refractivity contribution in [1.82, 2.24) is 9.80 Å². The molecule has 0 unspecified atom stereocenters. The van der Waals surface area contributed by atoms with Crippen LogP contribution in [0.4, 0.5) is 11.4 Å². The average molecular weight is 394 g/mol. The summed E-state index contributed by atoms with van der Waals surface area (Å²) in [6, 6.07) is 3.93. The lowest BCUT2D eigenvalue weighted by atomic mass is 10.1. The van der Waals surface area contributed by atoms with E-state index >= 15 is 0 Å². The molecule has 10 heteroatoms. The number of esters is 1. The highest BCUT2D eigenvalue weighted by molar-refractivity contribution is 5.93. The Kier molecular flexibility index (Phi) is 8.36. The van der Waals surface area contributed by atoms with Gasteiger partial charge in [0.15, 0.2) is 6.61 Å². The van der Waals surface area contributed by atoms with Gasteiger partial charge in [-0.3, -0.25) is 19.7 Å². The molecular formula is C18H26N4O6. The maximum atomic E-state index is 12.1. The summed E-state index contributed by atoms with van der Waals surface area (Å²) in [5.74, 6) is -1.61. The summed E-state index contributed by atoms with van der Waals surface area (Å²) in [5, 5.41) is 11.2. The Hall–Kier alpha value is -3.17. The van der Waals surface area contributed by atoms with Crippen LogP contribution in [0.25, 0.3) is 0 Å². The van der Waals surface area contributed by atoms with Gasteiger partial charge in [-0.2, -0.15) is 0 Å². The van der Waals surface area contributed by atoms with E-state index in [1.54, 1.807) is 23.9 Å². The summed E-state index contributed by atoms with van der Waals surface area (Å²) in [6.45, 7) is 4.06. The summed E-state index contributed by atoms with van der Waals surface area (Å²) in [5.41, 5.74) is 0.0620. The summed E-state index contributed by atoms with van der Waals surface area (Å²) >= 11 is 0. The predicted molar refractivity (Wildman–Crippen MR) is 103 cm³/mol. The number of nitrogens with zero attached hydrogens (tertiary/aromatic N) is 4. The minimum atomic E-state index is -0.856. The normalized spacial score (nSPS) is 10.2. The van der Waals surface area contributed by atoms with Crippen LogP contribution in [0.1, 0.15) is 24.2 Å². The monoisotopic (exact) mass is 394 g/mol. The Morgan fingerprint density at radius 2 is 1.68 bits per heavy atom. The Morgan fingerprint density at radius 1 is 1.07 bits per heavy atom. The Morgan fingerprint density at radius 3 is 2.18 bits per heavy atom. The first-order valence-corrected chi connectivity index (χ1v) is 8.76. The van der Waals surface area contributed by atoms with E-state index in [1.807, 2.05) is 13.8 Å². The lowest BCUT2D eigenvalue weighted by Gasteiger charge is -2.23. The number of hydrogen-bond donors (Lipinski definition) is 0. The van der Waals surface area contributed by atoms with Gasteiger partial charge in [-0.1, -0.05) is 0 Å². The molecule has 1 rings (SSSR count). The van der Waals surface area contributed by atoms with Crippen LogP contribution in [-0.4, -0.2) is 79.9 Å². The zero-order chi connectivity index (χ0) is 21.4. The van der Waals surface area contributed by atoms with E-state index in [4.69, 9.17) is 4.74 Å². The molecular weight excluding hydrogens is 368 g/mol. The van der Waals surface area contributed by atoms with Crippen molar-refractivity contribution in [2.75, 3.05) is 52.3 Å². The lowest BCUT2D eigenvalue weighted by molar-refractivity contribution is -0.384. The van der Waals surface area contributed by atoms with E-state index in [-0.39, 0.29) is 23.7 Å². The van der Waals surface area contributed by atoms with Gasteiger partial charge in [0.2, 0.25) is 5.91 Å². The van der Waals surface area contributed by atoms with Crippen LogP contribution >= 0.6 is 0 Å². The number of nitro benzene ring substituents is 1. The predicted octanol–water partition coefficient (Wildman–Crippen LogP) is 1.14. The number of benzene rings is 1. The molecule has 0 saturated heterocycles. The average Bonchev–Trinajstić information content (AvgIpc) is 2.65. The quantitative estimate of drug-likeness (QED) is 0.351. The zero-order valence-corrected chi connectivity index (χ0v) is 16.8. The van der Waals surface area contributed by atoms with Crippen molar-refractivity contribution in [3.8, 4) is 0 Å². The molecule has 0 aliphatic heterocycles. The van der Waals surface area contributed by atoms with Crippen LogP contribution in [0, 0.1) is 10.1 Å². The third kappa shape index (κ3) is 5.93. The molecule has 0 heterocycles. The molecule has 0 aromatic heterocycles. The molecule has 0 bridgehead atoms. The van der Waals surface area contributed by atoms with Gasteiger partial charge in [-0.25, -0.2) is 4.79 Å². The minimum absolute atomic E-state index is 0.0352. The molecule has 0 radical (unpaired) electrons. The molecule has 0 N–H and O–H groups in total. The molecule has 0 fully saturated rings. The zero-order valence-electron chi connectivity index (χ0n) is 16.8. The van der Waals surface area contributed by atoms with Crippen LogP contribution in [0.5, 0.6) is 0 Å².